The van der Waals surface area contributed by atoms with Gasteiger partial charge in [-0.25, -0.2) is 14.4 Å². The Labute approximate surface area is 102 Å². The summed E-state index contributed by atoms with van der Waals surface area (Å²) in [7, 11) is 0. The molecule has 1 aromatic rings. The Bertz CT molecular complexity index is 474. The molecule has 0 amide bonds. The van der Waals surface area contributed by atoms with Gasteiger partial charge in [0.05, 0.1) is 11.1 Å². The molecule has 1 aliphatic heterocycles. The number of pyridine rings is 1. The van der Waals surface area contributed by atoms with Gasteiger partial charge in [-0.15, -0.1) is 0 Å². The molecular weight excluding hydrogens is 254 g/mol. The fraction of sp³-hybridized carbons (Fsp3) is 0.400. The minimum Gasteiger partial charge on any atom is -0.475 e. The molecule has 0 saturated carbocycles. The highest BCUT2D eigenvalue weighted by atomic mass is 35.5. The number of nitrogens with zero attached hydrogens (tertiary/aromatic N) is 2. The molecule has 16 heavy (non-hydrogen) atoms. The molecule has 6 heteroatoms. The largest absolute Gasteiger partial charge is 0.475 e. The van der Waals surface area contributed by atoms with Crippen molar-refractivity contribution in [3.8, 4) is 0 Å². The third kappa shape index (κ3) is 2.13. The fourth-order valence-corrected chi connectivity index (χ4v) is 1.72. The summed E-state index contributed by atoms with van der Waals surface area (Å²) in [4.78, 5) is 7.94. The maximum Gasteiger partial charge on any atom is 0.220 e. The monoisotopic (exact) mass is 262 g/mol. The lowest BCUT2D eigenvalue weighted by Gasteiger charge is -2.07. The quantitative estimate of drug-likeness (QED) is 0.729. The van der Waals surface area contributed by atoms with Crippen LogP contribution in [0.25, 0.3) is 0 Å². The summed E-state index contributed by atoms with van der Waals surface area (Å²) in [5.41, 5.74) is 0.00328. The van der Waals surface area contributed by atoms with E-state index in [9.17, 15) is 4.39 Å². The topological polar surface area (TPSA) is 34.5 Å². The third-order valence-electron chi connectivity index (χ3n) is 2.08. The first-order valence-electron chi connectivity index (χ1n) is 4.64. The van der Waals surface area contributed by atoms with E-state index in [-0.39, 0.29) is 15.8 Å². The van der Waals surface area contributed by atoms with Gasteiger partial charge in [0.15, 0.2) is 11.0 Å². The molecule has 0 atom stereocenters. The predicted octanol–water partition coefficient (Wildman–Crippen LogP) is 3.08. The highest BCUT2D eigenvalue weighted by Gasteiger charge is 2.29. The fourth-order valence-electron chi connectivity index (χ4n) is 1.32. The first-order valence-corrected chi connectivity index (χ1v) is 5.39. The van der Waals surface area contributed by atoms with Gasteiger partial charge in [0, 0.05) is 0 Å². The molecule has 0 unspecified atom stereocenters. The SMILES string of the molecule is CC1(C)COC(c2cc(F)c(Cl)nc2Cl)=N1. The van der Waals surface area contributed by atoms with Crippen LogP contribution in [0.15, 0.2) is 11.1 Å². The average molecular weight is 263 g/mol. The first kappa shape index (κ1) is 11.6. The third-order valence-corrected chi connectivity index (χ3v) is 2.64. The Hall–Kier alpha value is -0.870. The molecule has 1 aromatic heterocycles. The van der Waals surface area contributed by atoms with Crippen LogP contribution < -0.4 is 0 Å². The van der Waals surface area contributed by atoms with E-state index in [1.54, 1.807) is 0 Å². The number of hydrogen-bond donors (Lipinski definition) is 0. The van der Waals surface area contributed by atoms with E-state index in [0.29, 0.717) is 18.1 Å². The van der Waals surface area contributed by atoms with Crippen molar-refractivity contribution in [3.05, 3.63) is 27.8 Å². The molecule has 0 bridgehead atoms. The number of aliphatic imine (C=N–C) groups is 1. The van der Waals surface area contributed by atoms with Crippen LogP contribution in [-0.2, 0) is 4.74 Å². The second-order valence-electron chi connectivity index (χ2n) is 4.12. The molecule has 3 nitrogen and oxygen atoms in total. The lowest BCUT2D eigenvalue weighted by Crippen LogP contribution is -2.17. The van der Waals surface area contributed by atoms with E-state index in [4.69, 9.17) is 27.9 Å². The molecular formula is C10H9Cl2FN2O. The number of halogens is 3. The van der Waals surface area contributed by atoms with Crippen LogP contribution in [0.4, 0.5) is 4.39 Å². The number of ether oxygens (including phenoxy) is 1. The van der Waals surface area contributed by atoms with Gasteiger partial charge >= 0.3 is 0 Å². The van der Waals surface area contributed by atoms with Gasteiger partial charge in [0.2, 0.25) is 5.90 Å². The molecule has 2 heterocycles. The van der Waals surface area contributed by atoms with Crippen molar-refractivity contribution in [2.45, 2.75) is 19.4 Å². The van der Waals surface area contributed by atoms with Gasteiger partial charge in [-0.1, -0.05) is 23.2 Å². The zero-order valence-electron chi connectivity index (χ0n) is 8.72. The molecule has 0 aliphatic carbocycles. The van der Waals surface area contributed by atoms with Gasteiger partial charge in [0.1, 0.15) is 11.8 Å². The van der Waals surface area contributed by atoms with Gasteiger partial charge in [-0.2, -0.15) is 0 Å². The summed E-state index contributed by atoms with van der Waals surface area (Å²) in [5.74, 6) is -0.338. The molecule has 0 fully saturated rings. The molecule has 0 spiro atoms. The number of aromatic nitrogens is 1. The van der Waals surface area contributed by atoms with E-state index in [2.05, 4.69) is 9.98 Å². The van der Waals surface area contributed by atoms with Crippen molar-refractivity contribution in [3.63, 3.8) is 0 Å². The number of rotatable bonds is 1. The van der Waals surface area contributed by atoms with E-state index < -0.39 is 5.82 Å². The molecule has 0 radical (unpaired) electrons. The van der Waals surface area contributed by atoms with Crippen molar-refractivity contribution in [2.75, 3.05) is 6.61 Å². The van der Waals surface area contributed by atoms with Gasteiger partial charge in [-0.05, 0) is 19.9 Å². The lowest BCUT2D eigenvalue weighted by atomic mass is 10.1. The molecule has 2 rings (SSSR count). The highest BCUT2D eigenvalue weighted by molar-refractivity contribution is 6.34. The standard InChI is InChI=1S/C10H9Cl2FN2O/c1-10(2)4-16-9(15-10)5-3-6(13)8(12)14-7(5)11/h3H,4H2,1-2H3. The summed E-state index contributed by atoms with van der Waals surface area (Å²) >= 11 is 11.3. The summed E-state index contributed by atoms with van der Waals surface area (Å²) in [5, 5.41) is -0.172. The van der Waals surface area contributed by atoms with Crippen molar-refractivity contribution in [1.82, 2.24) is 4.98 Å². The normalized spacial score (nSPS) is 18.2. The van der Waals surface area contributed by atoms with Crippen LogP contribution in [0, 0.1) is 5.82 Å². The van der Waals surface area contributed by atoms with Crippen molar-refractivity contribution >= 4 is 29.1 Å². The molecule has 1 aliphatic rings. The summed E-state index contributed by atoms with van der Waals surface area (Å²) in [6.45, 7) is 4.25. The minimum absolute atomic E-state index is 0.0860. The first-order chi connectivity index (χ1) is 7.39. The van der Waals surface area contributed by atoms with Gasteiger partial charge < -0.3 is 4.74 Å². The second-order valence-corrected chi connectivity index (χ2v) is 4.83. The van der Waals surface area contributed by atoms with Crippen LogP contribution in [-0.4, -0.2) is 23.0 Å². The summed E-state index contributed by atoms with van der Waals surface area (Å²) in [6, 6.07) is 1.18. The molecule has 0 aromatic carbocycles. The van der Waals surface area contributed by atoms with Crippen LogP contribution in [0.2, 0.25) is 10.3 Å². The Kier molecular flexibility index (Phi) is 2.80. The smallest absolute Gasteiger partial charge is 0.220 e. The Morgan fingerprint density at radius 2 is 2.06 bits per heavy atom. The van der Waals surface area contributed by atoms with E-state index >= 15 is 0 Å². The second kappa shape index (κ2) is 3.86. The van der Waals surface area contributed by atoms with Crippen molar-refractivity contribution in [1.29, 1.82) is 0 Å². The van der Waals surface area contributed by atoms with Crippen LogP contribution in [0.5, 0.6) is 0 Å². The molecule has 0 N–H and O–H groups in total. The summed E-state index contributed by atoms with van der Waals surface area (Å²) < 4.78 is 18.6. The van der Waals surface area contributed by atoms with Gasteiger partial charge in [-0.3, -0.25) is 0 Å². The Balaban J connectivity index is 2.46. The average Bonchev–Trinajstić information content (AvgIpc) is 2.52. The summed E-state index contributed by atoms with van der Waals surface area (Å²) in [6.07, 6.45) is 0. The Morgan fingerprint density at radius 1 is 1.38 bits per heavy atom. The maximum atomic E-state index is 13.2. The molecule has 0 saturated heterocycles. The van der Waals surface area contributed by atoms with Crippen LogP contribution >= 0.6 is 23.2 Å². The van der Waals surface area contributed by atoms with E-state index in [1.165, 1.54) is 6.07 Å². The highest BCUT2D eigenvalue weighted by Crippen LogP contribution is 2.26. The lowest BCUT2D eigenvalue weighted by molar-refractivity contribution is 0.279. The zero-order valence-corrected chi connectivity index (χ0v) is 10.2. The predicted molar refractivity (Wildman–Crippen MR) is 60.8 cm³/mol. The number of hydrogen-bond acceptors (Lipinski definition) is 3. The van der Waals surface area contributed by atoms with E-state index in [0.717, 1.165) is 0 Å². The van der Waals surface area contributed by atoms with Crippen molar-refractivity contribution < 1.29 is 9.13 Å². The Morgan fingerprint density at radius 3 is 2.62 bits per heavy atom. The maximum absolute atomic E-state index is 13.2. The van der Waals surface area contributed by atoms with Crippen LogP contribution in [0.3, 0.4) is 0 Å². The van der Waals surface area contributed by atoms with Crippen molar-refractivity contribution in [2.24, 2.45) is 4.99 Å². The molecule has 86 valence electrons. The zero-order chi connectivity index (χ0) is 11.9. The van der Waals surface area contributed by atoms with Crippen LogP contribution in [0.1, 0.15) is 19.4 Å². The van der Waals surface area contributed by atoms with Gasteiger partial charge in [0.25, 0.3) is 0 Å². The van der Waals surface area contributed by atoms with E-state index in [1.807, 2.05) is 13.8 Å². The minimum atomic E-state index is -0.642.